The molecule has 5 aliphatic rings. The van der Waals surface area contributed by atoms with Crippen LogP contribution in [0.1, 0.15) is 117 Å². The molecule has 9 atom stereocenters. The maximum absolute atomic E-state index is 14.4. The molecule has 1 aliphatic heterocycles. The minimum atomic E-state index is -0.611. The lowest BCUT2D eigenvalue weighted by molar-refractivity contribution is -0.193. The summed E-state index contributed by atoms with van der Waals surface area (Å²) in [5, 5.41) is 35.5. The van der Waals surface area contributed by atoms with Crippen LogP contribution in [-0.4, -0.2) is 58.3 Å². The number of rotatable bonds is 9. The van der Waals surface area contributed by atoms with Crippen molar-refractivity contribution in [1.29, 1.82) is 0 Å². The van der Waals surface area contributed by atoms with Crippen LogP contribution in [0.25, 0.3) is 0 Å². The van der Waals surface area contributed by atoms with Gasteiger partial charge in [-0.2, -0.15) is 0 Å². The quantitative estimate of drug-likeness (QED) is 0.238. The second-order valence-corrected chi connectivity index (χ2v) is 17.3. The minimum absolute atomic E-state index is 0.0672. The summed E-state index contributed by atoms with van der Waals surface area (Å²) in [6.45, 7) is 15.7. The summed E-state index contributed by atoms with van der Waals surface area (Å²) in [4.78, 5) is 28.4. The number of aliphatic hydroxyl groups excluding tert-OH is 2. The number of carbonyl (C=O) groups excluding carboxylic acids is 2. The molecular weight excluding hydrogens is 578 g/mol. The molecule has 1 aromatic carbocycles. The number of ketones is 2. The van der Waals surface area contributed by atoms with Gasteiger partial charge in [0.1, 0.15) is 17.6 Å². The van der Waals surface area contributed by atoms with Gasteiger partial charge in [-0.25, -0.2) is 0 Å². The van der Waals surface area contributed by atoms with Crippen LogP contribution in [0.3, 0.4) is 0 Å². The Morgan fingerprint density at radius 1 is 1.04 bits per heavy atom. The minimum Gasteiger partial charge on any atom is -0.508 e. The van der Waals surface area contributed by atoms with Crippen molar-refractivity contribution < 1.29 is 29.6 Å². The summed E-state index contributed by atoms with van der Waals surface area (Å²) < 4.78 is 5.73. The summed E-state index contributed by atoms with van der Waals surface area (Å²) in [6.07, 6.45) is 5.02. The van der Waals surface area contributed by atoms with Crippen LogP contribution in [0.2, 0.25) is 0 Å². The molecule has 0 unspecified atom stereocenters. The van der Waals surface area contributed by atoms with Gasteiger partial charge in [0, 0.05) is 36.3 Å². The Labute approximate surface area is 275 Å². The summed E-state index contributed by atoms with van der Waals surface area (Å²) in [5.74, 6) is 0.668. The first-order chi connectivity index (χ1) is 21.5. The molecule has 1 heterocycles. The normalized spacial score (nSPS) is 39.0. The van der Waals surface area contributed by atoms with Crippen molar-refractivity contribution in [3.63, 3.8) is 0 Å². The Hall–Kier alpha value is -2.06. The highest BCUT2D eigenvalue weighted by molar-refractivity contribution is 6.00. The molecule has 3 saturated carbocycles. The molecule has 254 valence electrons. The second kappa shape index (κ2) is 11.2. The van der Waals surface area contributed by atoms with E-state index in [2.05, 4.69) is 46.0 Å². The number of ether oxygens (including phenoxy) is 1. The predicted molar refractivity (Wildman–Crippen MR) is 178 cm³/mol. The largest absolute Gasteiger partial charge is 0.508 e. The molecule has 1 aromatic rings. The lowest BCUT2D eigenvalue weighted by Crippen LogP contribution is -2.64. The topological polar surface area (TPSA) is 119 Å². The number of hydrogen-bond acceptors (Lipinski definition) is 7. The first-order valence-electron chi connectivity index (χ1n) is 17.7. The molecule has 7 nitrogen and oxygen atoms in total. The second-order valence-electron chi connectivity index (χ2n) is 17.3. The number of aromatic hydroxyl groups is 1. The van der Waals surface area contributed by atoms with Crippen LogP contribution < -0.4 is 5.32 Å². The van der Waals surface area contributed by atoms with Gasteiger partial charge in [-0.3, -0.25) is 9.59 Å². The molecule has 4 N–H and O–H groups in total. The fourth-order valence-electron chi connectivity index (χ4n) is 12.1. The van der Waals surface area contributed by atoms with E-state index in [0.717, 1.165) is 42.4 Å². The van der Waals surface area contributed by atoms with Crippen molar-refractivity contribution in [2.24, 2.45) is 39.4 Å². The van der Waals surface area contributed by atoms with Gasteiger partial charge in [-0.05, 0) is 123 Å². The fourth-order valence-corrected chi connectivity index (χ4v) is 12.1. The van der Waals surface area contributed by atoms with Crippen molar-refractivity contribution in [3.8, 4) is 5.75 Å². The van der Waals surface area contributed by atoms with Crippen molar-refractivity contribution in [3.05, 3.63) is 40.5 Å². The van der Waals surface area contributed by atoms with Gasteiger partial charge < -0.3 is 25.4 Å². The zero-order valence-electron chi connectivity index (χ0n) is 29.3. The molecule has 0 amide bonds. The molecule has 0 bridgehead atoms. The van der Waals surface area contributed by atoms with Gasteiger partial charge in [0.15, 0.2) is 5.78 Å². The number of aliphatic hydroxyl groups is 2. The Balaban J connectivity index is 1.39. The Morgan fingerprint density at radius 2 is 1.74 bits per heavy atom. The Morgan fingerprint density at radius 3 is 2.37 bits per heavy atom. The van der Waals surface area contributed by atoms with E-state index in [1.807, 2.05) is 20.9 Å². The number of epoxide rings is 1. The average Bonchev–Trinajstić information content (AvgIpc) is 3.51. The smallest absolute Gasteiger partial charge is 0.159 e. The van der Waals surface area contributed by atoms with Gasteiger partial charge in [0.25, 0.3) is 0 Å². The van der Waals surface area contributed by atoms with E-state index in [-0.39, 0.29) is 75.5 Å². The number of benzene rings is 1. The third kappa shape index (κ3) is 4.89. The number of nitrogens with one attached hydrogen (secondary N) is 1. The average molecular weight is 636 g/mol. The molecule has 0 radical (unpaired) electrons. The van der Waals surface area contributed by atoms with E-state index in [1.165, 1.54) is 5.57 Å². The van der Waals surface area contributed by atoms with Crippen LogP contribution >= 0.6 is 0 Å². The molecule has 4 aliphatic carbocycles. The maximum atomic E-state index is 14.4. The van der Waals surface area contributed by atoms with Gasteiger partial charge in [-0.1, -0.05) is 46.3 Å². The van der Waals surface area contributed by atoms with E-state index in [1.54, 1.807) is 12.1 Å². The van der Waals surface area contributed by atoms with Crippen LogP contribution in [0.4, 0.5) is 0 Å². The summed E-state index contributed by atoms with van der Waals surface area (Å²) >= 11 is 0. The van der Waals surface area contributed by atoms with Crippen LogP contribution in [0.5, 0.6) is 5.75 Å². The first kappa shape index (κ1) is 33.8. The van der Waals surface area contributed by atoms with Gasteiger partial charge >= 0.3 is 0 Å². The van der Waals surface area contributed by atoms with E-state index in [4.69, 9.17) is 4.74 Å². The van der Waals surface area contributed by atoms with E-state index < -0.39 is 11.5 Å². The summed E-state index contributed by atoms with van der Waals surface area (Å²) in [5.41, 5.74) is 2.32. The number of Topliss-reactive ketones (excluding diaryl/α,β-unsaturated/α-hetero) is 2. The van der Waals surface area contributed by atoms with E-state index >= 15 is 0 Å². The van der Waals surface area contributed by atoms with Crippen LogP contribution in [0, 0.1) is 39.4 Å². The maximum Gasteiger partial charge on any atom is 0.159 e. The highest BCUT2D eigenvalue weighted by Crippen LogP contribution is 2.75. The molecular formula is C39H57NO6. The van der Waals surface area contributed by atoms with Crippen molar-refractivity contribution >= 4 is 11.6 Å². The third-order valence-electron chi connectivity index (χ3n) is 14.0. The Bertz CT molecular complexity index is 1450. The summed E-state index contributed by atoms with van der Waals surface area (Å²) in [6, 6.07) is 5.62. The molecule has 1 saturated heterocycles. The molecule has 0 aromatic heterocycles. The zero-order chi connectivity index (χ0) is 33.6. The van der Waals surface area contributed by atoms with Crippen LogP contribution in [-0.2, 0) is 20.9 Å². The van der Waals surface area contributed by atoms with Crippen molar-refractivity contribution in [2.75, 3.05) is 13.7 Å². The van der Waals surface area contributed by atoms with E-state index in [0.29, 0.717) is 32.2 Å². The molecule has 0 spiro atoms. The van der Waals surface area contributed by atoms with Crippen LogP contribution in [0.15, 0.2) is 29.3 Å². The highest BCUT2D eigenvalue weighted by Gasteiger charge is 2.70. The standard InChI is InChI=1S/C39H57NO6/c1-22(15-28(43)34-36(4,5)46-34)32-27-9-10-31-37(6)19-26(24-16-23(21-40-8)17-25(42)18-24)33(45)35(2,3)30(37)11-12-39(31,13-14-41)38(27,7)20-29(32)44/h16-18,22,26,28,30-31,34,40-43H,9-15,19-21H2,1-8H3/t22-,26+,28-,30+,31-,34-,37-,38+,39-/m1/s1. The Kier molecular flexibility index (Phi) is 8.27. The number of phenolic OH excluding ortho intramolecular Hbond substituents is 1. The number of allylic oxidation sites excluding steroid dienone is 2. The summed E-state index contributed by atoms with van der Waals surface area (Å²) in [7, 11) is 1.88. The zero-order valence-corrected chi connectivity index (χ0v) is 29.3. The molecule has 6 rings (SSSR count). The highest BCUT2D eigenvalue weighted by atomic mass is 16.6. The van der Waals surface area contributed by atoms with E-state index in [9.17, 15) is 24.9 Å². The number of hydrogen-bond donors (Lipinski definition) is 4. The van der Waals surface area contributed by atoms with Crippen molar-refractivity contribution in [1.82, 2.24) is 5.32 Å². The number of carbonyl (C=O) groups is 2. The first-order valence-corrected chi connectivity index (χ1v) is 17.7. The molecule has 46 heavy (non-hydrogen) atoms. The van der Waals surface area contributed by atoms with Gasteiger partial charge in [0.05, 0.1) is 11.7 Å². The lowest BCUT2D eigenvalue weighted by atomic mass is 9.34. The lowest BCUT2D eigenvalue weighted by Gasteiger charge is -2.69. The fraction of sp³-hybridized carbons (Fsp3) is 0.744. The molecule has 4 fully saturated rings. The van der Waals surface area contributed by atoms with Gasteiger partial charge in [-0.15, -0.1) is 0 Å². The predicted octanol–water partition coefficient (Wildman–Crippen LogP) is 6.23. The third-order valence-corrected chi connectivity index (χ3v) is 14.0. The van der Waals surface area contributed by atoms with Crippen molar-refractivity contribution in [2.45, 2.75) is 130 Å². The SMILES string of the molecule is CNCc1cc(O)cc([C@@H]2C[C@@]3(C)[C@H]4CCC5=C([C@H](C)C[C@@H](O)[C@H]6OC6(C)C)C(=O)C[C@]5(C)[C@@]4(CCO)CC[C@H]3C(C)(C)C2=O)c1. The molecule has 7 heteroatoms. The number of phenols is 1. The monoisotopic (exact) mass is 635 g/mol. The number of fused-ring (bicyclic) bond motifs is 5. The van der Waals surface area contributed by atoms with Gasteiger partial charge in [0.2, 0.25) is 0 Å².